The zero-order valence-corrected chi connectivity index (χ0v) is 13.0. The van der Waals surface area contributed by atoms with E-state index in [-0.39, 0.29) is 11.9 Å². The number of nitrogens with zero attached hydrogens (tertiary/aromatic N) is 2. The number of halogens is 1. The molecule has 21 heavy (non-hydrogen) atoms. The highest BCUT2D eigenvalue weighted by atomic mass is 35.5. The molecule has 0 aliphatic heterocycles. The van der Waals surface area contributed by atoms with Gasteiger partial charge in [0.25, 0.3) is 5.91 Å². The zero-order chi connectivity index (χ0) is 14.8. The van der Waals surface area contributed by atoms with E-state index in [9.17, 15) is 4.79 Å². The molecule has 1 aliphatic carbocycles. The Bertz CT molecular complexity index is 639. The Morgan fingerprint density at radius 3 is 2.86 bits per heavy atom. The van der Waals surface area contributed by atoms with E-state index in [1.807, 2.05) is 6.92 Å². The third-order valence-electron chi connectivity index (χ3n) is 3.18. The van der Waals surface area contributed by atoms with Gasteiger partial charge >= 0.3 is 0 Å². The normalized spacial score (nSPS) is 15.5. The molecule has 3 rings (SSSR count). The first-order chi connectivity index (χ1) is 10.1. The van der Waals surface area contributed by atoms with E-state index in [2.05, 4.69) is 20.6 Å². The van der Waals surface area contributed by atoms with Crippen molar-refractivity contribution in [3.8, 4) is 0 Å². The fourth-order valence-corrected chi connectivity index (χ4v) is 2.74. The van der Waals surface area contributed by atoms with Crippen LogP contribution >= 0.6 is 22.9 Å². The van der Waals surface area contributed by atoms with Crippen LogP contribution in [0.4, 0.5) is 5.13 Å². The quantitative estimate of drug-likeness (QED) is 0.886. The number of hydrogen-bond acceptors (Lipinski definition) is 5. The van der Waals surface area contributed by atoms with E-state index in [1.165, 1.54) is 24.2 Å². The molecule has 5 nitrogen and oxygen atoms in total. The molecule has 0 radical (unpaired) electrons. The van der Waals surface area contributed by atoms with E-state index in [4.69, 9.17) is 11.6 Å². The van der Waals surface area contributed by atoms with Gasteiger partial charge in [-0.2, -0.15) is 0 Å². The van der Waals surface area contributed by atoms with E-state index in [0.29, 0.717) is 15.9 Å². The molecule has 0 bridgehead atoms. The molecule has 2 heterocycles. The summed E-state index contributed by atoms with van der Waals surface area (Å²) in [5, 5.41) is 7.58. The molecule has 2 aromatic rings. The van der Waals surface area contributed by atoms with Crippen LogP contribution in [0.2, 0.25) is 5.02 Å². The van der Waals surface area contributed by atoms with Crippen LogP contribution in [0.1, 0.15) is 41.2 Å². The second-order valence-electron chi connectivity index (χ2n) is 5.04. The van der Waals surface area contributed by atoms with Crippen LogP contribution in [0.5, 0.6) is 0 Å². The molecule has 1 fully saturated rings. The average Bonchev–Trinajstić information content (AvgIpc) is 3.14. The predicted molar refractivity (Wildman–Crippen MR) is 83.9 cm³/mol. The molecular weight excluding hydrogens is 308 g/mol. The molecule has 1 aliphatic rings. The number of hydrogen-bond donors (Lipinski definition) is 2. The van der Waals surface area contributed by atoms with Crippen molar-refractivity contribution < 1.29 is 4.79 Å². The molecule has 2 N–H and O–H groups in total. The summed E-state index contributed by atoms with van der Waals surface area (Å²) in [6.45, 7) is 1.89. The smallest absolute Gasteiger partial charge is 0.263 e. The van der Waals surface area contributed by atoms with Crippen molar-refractivity contribution in [1.82, 2.24) is 15.3 Å². The first kappa shape index (κ1) is 14.3. The molecule has 0 spiro atoms. The minimum absolute atomic E-state index is 0.138. The van der Waals surface area contributed by atoms with Crippen molar-refractivity contribution in [2.75, 3.05) is 5.32 Å². The number of carbonyl (C=O) groups excluding carboxylic acids is 1. The average molecular weight is 323 g/mol. The highest BCUT2D eigenvalue weighted by Gasteiger charge is 2.23. The van der Waals surface area contributed by atoms with Gasteiger partial charge in [-0.15, -0.1) is 0 Å². The van der Waals surface area contributed by atoms with Crippen LogP contribution in [0, 0.1) is 0 Å². The van der Waals surface area contributed by atoms with Gasteiger partial charge in [-0.25, -0.2) is 4.98 Å². The van der Waals surface area contributed by atoms with Gasteiger partial charge in [-0.1, -0.05) is 22.9 Å². The lowest BCUT2D eigenvalue weighted by Crippen LogP contribution is -2.26. The summed E-state index contributed by atoms with van der Waals surface area (Å²) >= 11 is 7.18. The lowest BCUT2D eigenvalue weighted by Gasteiger charge is -2.12. The highest BCUT2D eigenvalue weighted by Crippen LogP contribution is 2.27. The fraction of sp³-hybridized carbons (Fsp3) is 0.357. The van der Waals surface area contributed by atoms with Crippen molar-refractivity contribution in [3.05, 3.63) is 40.1 Å². The van der Waals surface area contributed by atoms with Gasteiger partial charge in [-0.05, 0) is 31.9 Å². The van der Waals surface area contributed by atoms with Crippen LogP contribution in [-0.2, 0) is 0 Å². The lowest BCUT2D eigenvalue weighted by molar-refractivity contribution is 0.0943. The predicted octanol–water partition coefficient (Wildman–Crippen LogP) is 3.26. The van der Waals surface area contributed by atoms with Crippen LogP contribution in [-0.4, -0.2) is 21.9 Å². The minimum Gasteiger partial charge on any atom is -0.359 e. The fourth-order valence-electron chi connectivity index (χ4n) is 1.83. The first-order valence-electron chi connectivity index (χ1n) is 6.76. The van der Waals surface area contributed by atoms with Gasteiger partial charge < -0.3 is 10.6 Å². The second kappa shape index (κ2) is 5.99. The largest absolute Gasteiger partial charge is 0.359 e. The minimum atomic E-state index is -0.184. The van der Waals surface area contributed by atoms with Crippen LogP contribution in [0.3, 0.4) is 0 Å². The van der Waals surface area contributed by atoms with Crippen LogP contribution in [0.25, 0.3) is 0 Å². The molecule has 0 unspecified atom stereocenters. The molecule has 2 aromatic heterocycles. The lowest BCUT2D eigenvalue weighted by atomic mass is 10.2. The topological polar surface area (TPSA) is 66.9 Å². The molecule has 1 amide bonds. The summed E-state index contributed by atoms with van der Waals surface area (Å²) in [6.07, 6.45) is 5.54. The van der Waals surface area contributed by atoms with Crippen molar-refractivity contribution in [2.45, 2.75) is 31.8 Å². The molecule has 7 heteroatoms. The number of aromatic nitrogens is 2. The standard InChI is InChI=1S/C14H15ClN4OS/c1-8(11-5-2-9(15)6-16-11)18-13(20)12-7-17-14(21-12)19-10-3-4-10/h2,5-8,10H,3-4H2,1H3,(H,17,19)(H,18,20)/t8-/m1/s1. The molecule has 0 aromatic carbocycles. The van der Waals surface area contributed by atoms with Crippen LogP contribution in [0.15, 0.2) is 24.5 Å². The highest BCUT2D eigenvalue weighted by molar-refractivity contribution is 7.17. The monoisotopic (exact) mass is 322 g/mol. The summed E-state index contributed by atoms with van der Waals surface area (Å²) in [6, 6.07) is 3.91. The SMILES string of the molecule is C[C@@H](NC(=O)c1cnc(NC2CC2)s1)c1ccc(Cl)cn1. The molecule has 110 valence electrons. The molecule has 0 saturated heterocycles. The first-order valence-corrected chi connectivity index (χ1v) is 7.96. The summed E-state index contributed by atoms with van der Waals surface area (Å²) in [5.41, 5.74) is 0.772. The molecule has 1 saturated carbocycles. The third-order valence-corrected chi connectivity index (χ3v) is 4.33. The van der Waals surface area contributed by atoms with E-state index < -0.39 is 0 Å². The van der Waals surface area contributed by atoms with E-state index in [0.717, 1.165) is 10.8 Å². The maximum atomic E-state index is 12.2. The number of thiazole rings is 1. The van der Waals surface area contributed by atoms with Gasteiger partial charge in [-0.3, -0.25) is 9.78 Å². The Morgan fingerprint density at radius 2 is 2.19 bits per heavy atom. The van der Waals surface area contributed by atoms with Crippen LogP contribution < -0.4 is 10.6 Å². The number of carbonyl (C=O) groups is 1. The summed E-state index contributed by atoms with van der Waals surface area (Å²) in [4.78, 5) is 21.2. The van der Waals surface area contributed by atoms with Crippen molar-refractivity contribution in [2.24, 2.45) is 0 Å². The Morgan fingerprint density at radius 1 is 1.38 bits per heavy atom. The number of amides is 1. The maximum absolute atomic E-state index is 12.2. The Balaban J connectivity index is 1.61. The van der Waals surface area contributed by atoms with Crippen molar-refractivity contribution in [1.29, 1.82) is 0 Å². The van der Waals surface area contributed by atoms with Gasteiger partial charge in [0, 0.05) is 12.2 Å². The van der Waals surface area contributed by atoms with E-state index in [1.54, 1.807) is 24.5 Å². The number of rotatable bonds is 5. The van der Waals surface area contributed by atoms with Gasteiger partial charge in [0.2, 0.25) is 0 Å². The number of nitrogens with one attached hydrogen (secondary N) is 2. The summed E-state index contributed by atoms with van der Waals surface area (Å²) in [5.74, 6) is -0.138. The molecule has 1 atom stereocenters. The maximum Gasteiger partial charge on any atom is 0.263 e. The summed E-state index contributed by atoms with van der Waals surface area (Å²) < 4.78 is 0. The van der Waals surface area contributed by atoms with E-state index >= 15 is 0 Å². The zero-order valence-electron chi connectivity index (χ0n) is 11.5. The Labute approximate surface area is 131 Å². The third kappa shape index (κ3) is 3.71. The number of anilines is 1. The van der Waals surface area contributed by atoms with Crippen molar-refractivity contribution in [3.63, 3.8) is 0 Å². The van der Waals surface area contributed by atoms with Crippen molar-refractivity contribution >= 4 is 34.0 Å². The van der Waals surface area contributed by atoms with Gasteiger partial charge in [0.05, 0.1) is 23.0 Å². The second-order valence-corrected chi connectivity index (χ2v) is 6.51. The molecular formula is C14H15ClN4OS. The van der Waals surface area contributed by atoms with Gasteiger partial charge in [0.15, 0.2) is 5.13 Å². The Hall–Kier alpha value is -1.66. The summed E-state index contributed by atoms with van der Waals surface area (Å²) in [7, 11) is 0. The van der Waals surface area contributed by atoms with Gasteiger partial charge in [0.1, 0.15) is 4.88 Å². The Kier molecular flexibility index (Phi) is 4.07. The number of pyridine rings is 1.